The Bertz CT molecular complexity index is 823. The van der Waals surface area contributed by atoms with Crippen molar-refractivity contribution in [2.45, 2.75) is 58.6 Å². The third-order valence-corrected chi connectivity index (χ3v) is 5.65. The number of nitriles is 1. The van der Waals surface area contributed by atoms with Crippen molar-refractivity contribution in [3.8, 4) is 6.07 Å². The molecule has 0 aliphatic carbocycles. The van der Waals surface area contributed by atoms with Gasteiger partial charge in [0.25, 0.3) is 5.91 Å². The second-order valence-corrected chi connectivity index (χ2v) is 8.13. The Morgan fingerprint density at radius 1 is 1.33 bits per heavy atom. The molecule has 0 aliphatic heterocycles. The Balaban J connectivity index is 1.79. The summed E-state index contributed by atoms with van der Waals surface area (Å²) < 4.78 is 6.33. The third-order valence-electron chi connectivity index (χ3n) is 4.56. The average molecular weight is 388 g/mol. The van der Waals surface area contributed by atoms with Crippen LogP contribution in [0.4, 0.5) is 0 Å². The summed E-state index contributed by atoms with van der Waals surface area (Å²) in [5, 5.41) is 12.9. The zero-order chi connectivity index (χ0) is 20.0. The first-order valence-electron chi connectivity index (χ1n) is 9.02. The molecule has 0 aliphatic rings. The Morgan fingerprint density at radius 2 is 2.04 bits per heavy atom. The molecule has 0 radical (unpaired) electrons. The van der Waals surface area contributed by atoms with Gasteiger partial charge in [0.2, 0.25) is 0 Å². The molecule has 27 heavy (non-hydrogen) atoms. The van der Waals surface area contributed by atoms with Crippen molar-refractivity contribution in [3.05, 3.63) is 29.3 Å². The zero-order valence-electron chi connectivity index (χ0n) is 16.1. The molecule has 2 rings (SSSR count). The van der Waals surface area contributed by atoms with Gasteiger partial charge >= 0.3 is 5.97 Å². The van der Waals surface area contributed by atoms with Crippen LogP contribution in [-0.4, -0.2) is 28.5 Å². The number of carbonyl (C=O) groups excluding carboxylic acids is 2. The first-order chi connectivity index (χ1) is 12.7. The number of aryl methyl sites for hydroxylation is 1. The number of amides is 1. The molecule has 7 heteroatoms. The number of hydrogen-bond donors (Lipinski definition) is 1. The molecular formula is C20H25N3O3S. The van der Waals surface area contributed by atoms with Crippen molar-refractivity contribution < 1.29 is 14.3 Å². The number of thiazole rings is 1. The van der Waals surface area contributed by atoms with Crippen molar-refractivity contribution >= 4 is 33.4 Å². The van der Waals surface area contributed by atoms with E-state index in [0.717, 1.165) is 15.2 Å². The smallest absolute Gasteiger partial charge is 0.306 e. The van der Waals surface area contributed by atoms with E-state index in [9.17, 15) is 14.9 Å². The summed E-state index contributed by atoms with van der Waals surface area (Å²) in [4.78, 5) is 28.7. The summed E-state index contributed by atoms with van der Waals surface area (Å²) in [6.07, 6.45) is 0.572. The molecule has 0 unspecified atom stereocenters. The number of rotatable bonds is 8. The van der Waals surface area contributed by atoms with Crippen LogP contribution in [0.1, 0.15) is 45.5 Å². The number of esters is 1. The molecule has 2 aromatic rings. The van der Waals surface area contributed by atoms with Crippen LogP contribution in [0.25, 0.3) is 10.2 Å². The number of nitrogens with zero attached hydrogens (tertiary/aromatic N) is 2. The lowest BCUT2D eigenvalue weighted by atomic mass is 9.90. The van der Waals surface area contributed by atoms with Gasteiger partial charge in [-0.25, -0.2) is 4.98 Å². The van der Waals surface area contributed by atoms with Gasteiger partial charge in [0.1, 0.15) is 5.54 Å². The summed E-state index contributed by atoms with van der Waals surface area (Å²) in [5.41, 5.74) is -0.0269. The van der Waals surface area contributed by atoms with Crippen LogP contribution in [0.3, 0.4) is 0 Å². The van der Waals surface area contributed by atoms with E-state index in [0.29, 0.717) is 12.8 Å². The highest BCUT2D eigenvalue weighted by Gasteiger charge is 2.32. The van der Waals surface area contributed by atoms with Crippen molar-refractivity contribution in [2.75, 3.05) is 0 Å². The molecule has 1 amide bonds. The lowest BCUT2D eigenvalue weighted by molar-refractivity contribution is -0.155. The number of fused-ring (bicyclic) bond motifs is 1. The number of nitrogens with one attached hydrogen (secondary N) is 1. The van der Waals surface area contributed by atoms with E-state index in [-0.39, 0.29) is 12.3 Å². The molecule has 1 aromatic heterocycles. The Morgan fingerprint density at radius 3 is 2.67 bits per heavy atom. The molecule has 0 fully saturated rings. The van der Waals surface area contributed by atoms with E-state index in [1.165, 1.54) is 6.92 Å². The highest BCUT2D eigenvalue weighted by Crippen LogP contribution is 2.22. The Hall–Kier alpha value is -2.46. The lowest BCUT2D eigenvalue weighted by Crippen LogP contribution is -2.52. The summed E-state index contributed by atoms with van der Waals surface area (Å²) in [5.74, 6) is -0.961. The van der Waals surface area contributed by atoms with Crippen LogP contribution in [0.15, 0.2) is 24.3 Å². The van der Waals surface area contributed by atoms with E-state index in [4.69, 9.17) is 4.74 Å². The van der Waals surface area contributed by atoms with Crippen LogP contribution in [0.5, 0.6) is 0 Å². The average Bonchev–Trinajstić information content (AvgIpc) is 3.03. The molecule has 1 aromatic carbocycles. The number of hydrogen-bond acceptors (Lipinski definition) is 6. The van der Waals surface area contributed by atoms with Crippen molar-refractivity contribution in [3.63, 3.8) is 0 Å². The highest BCUT2D eigenvalue weighted by molar-refractivity contribution is 7.18. The lowest BCUT2D eigenvalue weighted by Gasteiger charge is -2.28. The van der Waals surface area contributed by atoms with Gasteiger partial charge in [-0.1, -0.05) is 26.0 Å². The van der Waals surface area contributed by atoms with Crippen molar-refractivity contribution in [1.29, 1.82) is 5.26 Å². The zero-order valence-corrected chi connectivity index (χ0v) is 16.9. The van der Waals surface area contributed by atoms with Gasteiger partial charge < -0.3 is 10.1 Å². The third kappa shape index (κ3) is 5.51. The maximum Gasteiger partial charge on any atom is 0.306 e. The minimum atomic E-state index is -0.995. The summed E-state index contributed by atoms with van der Waals surface area (Å²) in [6.45, 7) is 6.87. The van der Waals surface area contributed by atoms with Crippen molar-refractivity contribution in [1.82, 2.24) is 10.3 Å². The van der Waals surface area contributed by atoms with Gasteiger partial charge in [0.15, 0.2) is 6.10 Å². The first kappa shape index (κ1) is 20.8. The standard InChI is InChI=1S/C20H25N3O3S/c1-13(2)20(4,12-21)23-19(25)14(3)26-18(24)11-7-10-17-22-15-8-5-6-9-16(15)27-17/h5-6,8-9,13-14H,7,10-11H2,1-4H3,(H,23,25)/t14-,20-/m0/s1. The van der Waals surface area contributed by atoms with E-state index in [1.54, 1.807) is 18.3 Å². The number of ether oxygens (including phenoxy) is 1. The summed E-state index contributed by atoms with van der Waals surface area (Å²) >= 11 is 1.62. The molecular weight excluding hydrogens is 362 g/mol. The SMILES string of the molecule is CC(C)[C@](C)(C#N)NC(=O)[C@H](C)OC(=O)CCCc1nc2ccccc2s1. The number of aromatic nitrogens is 1. The predicted molar refractivity (Wildman–Crippen MR) is 105 cm³/mol. The normalized spacial score (nSPS) is 14.4. The number of para-hydroxylation sites is 1. The quantitative estimate of drug-likeness (QED) is 0.699. The van der Waals surface area contributed by atoms with Gasteiger partial charge in [-0.15, -0.1) is 11.3 Å². The van der Waals surface area contributed by atoms with Gasteiger partial charge in [0, 0.05) is 6.42 Å². The molecule has 1 heterocycles. The van der Waals surface area contributed by atoms with Crippen LogP contribution < -0.4 is 5.32 Å². The fourth-order valence-corrected chi connectivity index (χ4v) is 3.39. The fourth-order valence-electron chi connectivity index (χ4n) is 2.38. The van der Waals surface area contributed by atoms with Crippen molar-refractivity contribution in [2.24, 2.45) is 5.92 Å². The molecule has 0 saturated carbocycles. The molecule has 0 saturated heterocycles. The molecule has 2 atom stereocenters. The van der Waals surface area contributed by atoms with E-state index in [1.807, 2.05) is 38.1 Å². The van der Waals surface area contributed by atoms with Gasteiger partial charge in [-0.3, -0.25) is 9.59 Å². The van der Waals surface area contributed by atoms with Crippen LogP contribution in [0, 0.1) is 17.2 Å². The largest absolute Gasteiger partial charge is 0.453 e. The van der Waals surface area contributed by atoms with Crippen LogP contribution in [-0.2, 0) is 20.7 Å². The van der Waals surface area contributed by atoms with Crippen LogP contribution >= 0.6 is 11.3 Å². The molecule has 0 spiro atoms. The number of carbonyl (C=O) groups is 2. The van der Waals surface area contributed by atoms with E-state index >= 15 is 0 Å². The Kier molecular flexibility index (Phi) is 6.92. The molecule has 1 N–H and O–H groups in total. The summed E-state index contributed by atoms with van der Waals surface area (Å²) in [6, 6.07) is 10.0. The van der Waals surface area contributed by atoms with Gasteiger partial charge in [0.05, 0.1) is 21.3 Å². The molecule has 6 nitrogen and oxygen atoms in total. The maximum atomic E-state index is 12.2. The monoisotopic (exact) mass is 387 g/mol. The minimum Gasteiger partial charge on any atom is -0.453 e. The second kappa shape index (κ2) is 8.96. The topological polar surface area (TPSA) is 92.1 Å². The first-order valence-corrected chi connectivity index (χ1v) is 9.84. The fraction of sp³-hybridized carbons (Fsp3) is 0.500. The van der Waals surface area contributed by atoms with Gasteiger partial charge in [-0.05, 0) is 44.7 Å². The second-order valence-electron chi connectivity index (χ2n) is 7.02. The summed E-state index contributed by atoms with van der Waals surface area (Å²) in [7, 11) is 0. The van der Waals surface area contributed by atoms with Gasteiger partial charge in [-0.2, -0.15) is 5.26 Å². The van der Waals surface area contributed by atoms with Crippen LogP contribution in [0.2, 0.25) is 0 Å². The minimum absolute atomic E-state index is 0.0665. The molecule has 144 valence electrons. The van der Waals surface area contributed by atoms with E-state index < -0.39 is 23.5 Å². The maximum absolute atomic E-state index is 12.2. The number of benzene rings is 1. The highest BCUT2D eigenvalue weighted by atomic mass is 32.1. The Labute approximate surface area is 163 Å². The van der Waals surface area contributed by atoms with E-state index in [2.05, 4.69) is 16.4 Å². The predicted octanol–water partition coefficient (Wildman–Crippen LogP) is 3.61. The molecule has 0 bridgehead atoms.